The van der Waals surface area contributed by atoms with Crippen LogP contribution < -0.4 is 10.5 Å². The third-order valence-corrected chi connectivity index (χ3v) is 3.72. The maximum absolute atomic E-state index is 12.4. The summed E-state index contributed by atoms with van der Waals surface area (Å²) in [5, 5.41) is 5.56. The normalized spacial score (nSPS) is 15.4. The topological polar surface area (TPSA) is 57.9 Å². The standard InChI is InChI=1S/C17H18N4O2/c1-2-18-21-13-5-12-20(17(21)23)15-9-7-14(8-10-15)19-11-4-3-6-16(19)22/h2-4,6-11H,5,12-13H2,1H3/b18-2+. The van der Waals surface area contributed by atoms with E-state index in [0.717, 1.165) is 17.8 Å². The largest absolute Gasteiger partial charge is 0.344 e. The molecule has 2 aromatic rings. The highest BCUT2D eigenvalue weighted by Gasteiger charge is 2.26. The van der Waals surface area contributed by atoms with Gasteiger partial charge in [0.1, 0.15) is 0 Å². The summed E-state index contributed by atoms with van der Waals surface area (Å²) in [4.78, 5) is 26.0. The first-order valence-corrected chi connectivity index (χ1v) is 7.56. The number of urea groups is 1. The molecule has 1 aliphatic rings. The predicted octanol–water partition coefficient (Wildman–Crippen LogP) is 2.48. The fraction of sp³-hybridized carbons (Fsp3) is 0.235. The number of nitrogens with zero attached hydrogens (tertiary/aromatic N) is 4. The number of anilines is 1. The maximum Gasteiger partial charge on any atom is 0.344 e. The number of carbonyl (C=O) groups excluding carboxylic acids is 1. The van der Waals surface area contributed by atoms with Crippen LogP contribution in [-0.4, -0.2) is 34.9 Å². The molecule has 1 fully saturated rings. The molecule has 1 aliphatic heterocycles. The lowest BCUT2D eigenvalue weighted by Gasteiger charge is -2.32. The average molecular weight is 310 g/mol. The van der Waals surface area contributed by atoms with E-state index in [1.807, 2.05) is 30.3 Å². The molecular weight excluding hydrogens is 292 g/mol. The van der Waals surface area contributed by atoms with Crippen LogP contribution >= 0.6 is 0 Å². The van der Waals surface area contributed by atoms with E-state index in [1.165, 1.54) is 11.1 Å². The molecule has 0 N–H and O–H groups in total. The monoisotopic (exact) mass is 310 g/mol. The van der Waals surface area contributed by atoms with Crippen molar-refractivity contribution >= 4 is 17.9 Å². The predicted molar refractivity (Wildman–Crippen MR) is 90.3 cm³/mol. The van der Waals surface area contributed by atoms with Gasteiger partial charge in [-0.05, 0) is 43.7 Å². The summed E-state index contributed by atoms with van der Waals surface area (Å²) in [6.45, 7) is 3.09. The Balaban J connectivity index is 1.86. The van der Waals surface area contributed by atoms with Crippen molar-refractivity contribution in [2.45, 2.75) is 13.3 Å². The summed E-state index contributed by atoms with van der Waals surface area (Å²) in [5.74, 6) is 0. The van der Waals surface area contributed by atoms with Gasteiger partial charge in [-0.15, -0.1) is 0 Å². The van der Waals surface area contributed by atoms with Gasteiger partial charge >= 0.3 is 6.03 Å². The zero-order chi connectivity index (χ0) is 16.2. The van der Waals surface area contributed by atoms with Crippen molar-refractivity contribution in [2.75, 3.05) is 18.0 Å². The summed E-state index contributed by atoms with van der Waals surface area (Å²) < 4.78 is 1.56. The molecule has 0 radical (unpaired) electrons. The number of benzene rings is 1. The molecule has 23 heavy (non-hydrogen) atoms. The molecule has 2 amide bonds. The minimum Gasteiger partial charge on any atom is -0.293 e. The maximum atomic E-state index is 12.4. The molecule has 1 saturated heterocycles. The molecule has 0 aliphatic carbocycles. The number of hydrogen-bond acceptors (Lipinski definition) is 3. The van der Waals surface area contributed by atoms with E-state index in [9.17, 15) is 9.59 Å². The molecular formula is C17H18N4O2. The number of pyridine rings is 1. The highest BCUT2D eigenvalue weighted by molar-refractivity contribution is 5.93. The van der Waals surface area contributed by atoms with Gasteiger partial charge in [-0.1, -0.05) is 6.07 Å². The van der Waals surface area contributed by atoms with E-state index < -0.39 is 0 Å². The van der Waals surface area contributed by atoms with Crippen LogP contribution in [0.3, 0.4) is 0 Å². The van der Waals surface area contributed by atoms with Crippen LogP contribution in [0.25, 0.3) is 5.69 Å². The Kier molecular flexibility index (Phi) is 4.23. The van der Waals surface area contributed by atoms with Crippen molar-refractivity contribution in [1.82, 2.24) is 9.58 Å². The van der Waals surface area contributed by atoms with Crippen molar-refractivity contribution in [3.8, 4) is 5.69 Å². The first kappa shape index (κ1) is 15.0. The van der Waals surface area contributed by atoms with Crippen LogP contribution in [0, 0.1) is 0 Å². The van der Waals surface area contributed by atoms with E-state index >= 15 is 0 Å². The van der Waals surface area contributed by atoms with Crippen LogP contribution in [0.2, 0.25) is 0 Å². The molecule has 0 bridgehead atoms. The smallest absolute Gasteiger partial charge is 0.293 e. The Hall–Kier alpha value is -2.89. The Morgan fingerprint density at radius 1 is 1.00 bits per heavy atom. The first-order valence-electron chi connectivity index (χ1n) is 7.56. The van der Waals surface area contributed by atoms with Crippen molar-refractivity contribution in [3.05, 3.63) is 59.0 Å². The molecule has 0 unspecified atom stereocenters. The number of amides is 2. The summed E-state index contributed by atoms with van der Waals surface area (Å²) in [5.41, 5.74) is 1.49. The molecule has 6 heteroatoms. The van der Waals surface area contributed by atoms with Crippen LogP contribution in [0.5, 0.6) is 0 Å². The van der Waals surface area contributed by atoms with Gasteiger partial charge in [0.05, 0.1) is 0 Å². The lowest BCUT2D eigenvalue weighted by Crippen LogP contribution is -2.47. The van der Waals surface area contributed by atoms with Gasteiger partial charge < -0.3 is 0 Å². The van der Waals surface area contributed by atoms with E-state index in [0.29, 0.717) is 13.1 Å². The van der Waals surface area contributed by atoms with Crippen LogP contribution in [0.15, 0.2) is 58.6 Å². The summed E-state index contributed by atoms with van der Waals surface area (Å²) in [6.07, 6.45) is 4.20. The molecule has 118 valence electrons. The summed E-state index contributed by atoms with van der Waals surface area (Å²) in [7, 11) is 0. The fourth-order valence-corrected chi connectivity index (χ4v) is 2.63. The van der Waals surface area contributed by atoms with Crippen LogP contribution in [-0.2, 0) is 0 Å². The second-order valence-corrected chi connectivity index (χ2v) is 5.21. The molecule has 1 aromatic heterocycles. The Morgan fingerprint density at radius 2 is 1.74 bits per heavy atom. The molecule has 2 heterocycles. The van der Waals surface area contributed by atoms with E-state index in [2.05, 4.69) is 5.10 Å². The second-order valence-electron chi connectivity index (χ2n) is 5.21. The minimum absolute atomic E-state index is 0.0854. The number of carbonyl (C=O) groups is 1. The molecule has 0 spiro atoms. The molecule has 3 rings (SSSR count). The molecule has 0 saturated carbocycles. The third kappa shape index (κ3) is 3.01. The summed E-state index contributed by atoms with van der Waals surface area (Å²) in [6, 6.07) is 12.3. The van der Waals surface area contributed by atoms with Crippen molar-refractivity contribution in [3.63, 3.8) is 0 Å². The number of hydrazone groups is 1. The van der Waals surface area contributed by atoms with Gasteiger partial charge in [-0.2, -0.15) is 5.10 Å². The van der Waals surface area contributed by atoms with E-state index in [1.54, 1.807) is 34.9 Å². The Labute approximate surface area is 134 Å². The van der Waals surface area contributed by atoms with Crippen molar-refractivity contribution < 1.29 is 4.79 Å². The second kappa shape index (κ2) is 6.48. The molecule has 6 nitrogen and oxygen atoms in total. The average Bonchev–Trinajstić information content (AvgIpc) is 2.58. The zero-order valence-corrected chi connectivity index (χ0v) is 12.9. The lowest BCUT2D eigenvalue weighted by molar-refractivity contribution is 0.198. The van der Waals surface area contributed by atoms with E-state index in [-0.39, 0.29) is 11.6 Å². The number of aromatic nitrogens is 1. The lowest BCUT2D eigenvalue weighted by atomic mass is 10.2. The van der Waals surface area contributed by atoms with Crippen molar-refractivity contribution in [1.29, 1.82) is 0 Å². The number of hydrogen-bond donors (Lipinski definition) is 0. The zero-order valence-electron chi connectivity index (χ0n) is 12.9. The third-order valence-electron chi connectivity index (χ3n) is 3.72. The quantitative estimate of drug-likeness (QED) is 0.818. The van der Waals surface area contributed by atoms with Gasteiger partial charge in [-0.25, -0.2) is 9.80 Å². The van der Waals surface area contributed by atoms with Gasteiger partial charge in [0.2, 0.25) is 0 Å². The molecule has 1 aromatic carbocycles. The highest BCUT2D eigenvalue weighted by atomic mass is 16.2. The minimum atomic E-state index is -0.126. The Bertz CT molecular complexity index is 780. The SMILES string of the molecule is C/C=N/N1CCCN(c2ccc(-n3ccccc3=O)cc2)C1=O. The van der Waals surface area contributed by atoms with Gasteiger partial charge in [0.15, 0.2) is 0 Å². The van der Waals surface area contributed by atoms with Gasteiger partial charge in [0.25, 0.3) is 5.56 Å². The van der Waals surface area contributed by atoms with E-state index in [4.69, 9.17) is 0 Å². The Morgan fingerprint density at radius 3 is 2.43 bits per heavy atom. The fourth-order valence-electron chi connectivity index (χ4n) is 2.63. The van der Waals surface area contributed by atoms with Gasteiger partial charge in [0, 0.05) is 42.9 Å². The highest BCUT2D eigenvalue weighted by Crippen LogP contribution is 2.21. The van der Waals surface area contributed by atoms with Gasteiger partial charge in [-0.3, -0.25) is 14.3 Å². The summed E-state index contributed by atoms with van der Waals surface area (Å²) >= 11 is 0. The van der Waals surface area contributed by atoms with Crippen LogP contribution in [0.1, 0.15) is 13.3 Å². The molecule has 0 atom stereocenters. The van der Waals surface area contributed by atoms with Crippen molar-refractivity contribution in [2.24, 2.45) is 5.10 Å². The number of rotatable bonds is 3. The van der Waals surface area contributed by atoms with Crippen LogP contribution in [0.4, 0.5) is 10.5 Å². The first-order chi connectivity index (χ1) is 11.2.